The summed E-state index contributed by atoms with van der Waals surface area (Å²) >= 11 is 0. The van der Waals surface area contributed by atoms with Crippen LogP contribution in [0, 0.1) is 5.82 Å². The number of nitrogens with zero attached hydrogens (tertiary/aromatic N) is 4. The van der Waals surface area contributed by atoms with Gasteiger partial charge in [0.25, 0.3) is 5.91 Å². The van der Waals surface area contributed by atoms with E-state index in [1.54, 1.807) is 33.9 Å². The molecule has 6 nitrogen and oxygen atoms in total. The second kappa shape index (κ2) is 6.66. The molecule has 124 valence electrons. The number of benzene rings is 1. The number of carbonyl (C=O) groups is 1. The highest BCUT2D eigenvalue weighted by atomic mass is 19.1. The first kappa shape index (κ1) is 15.9. The second-order valence-corrected chi connectivity index (χ2v) is 5.19. The molecule has 2 aromatic rings. The Balaban J connectivity index is 1.78. The number of carbonyl (C=O) groups excluding carboxylic acids is 1. The Morgan fingerprint density at radius 1 is 1.38 bits per heavy atom. The monoisotopic (exact) mass is 328 g/mol. The van der Waals surface area contributed by atoms with Crippen LogP contribution in [0.5, 0.6) is 0 Å². The normalized spacial score (nSPS) is 14.5. The average Bonchev–Trinajstić information content (AvgIpc) is 3.01. The molecule has 1 aromatic heterocycles. The quantitative estimate of drug-likeness (QED) is 0.625. The van der Waals surface area contributed by atoms with Gasteiger partial charge in [-0.15, -0.1) is 0 Å². The molecular weight excluding hydrogens is 311 g/mol. The lowest BCUT2D eigenvalue weighted by Gasteiger charge is -2.26. The van der Waals surface area contributed by atoms with E-state index in [4.69, 9.17) is 4.74 Å². The molecule has 24 heavy (non-hydrogen) atoms. The van der Waals surface area contributed by atoms with Gasteiger partial charge >= 0.3 is 0 Å². The molecule has 0 saturated carbocycles. The van der Waals surface area contributed by atoms with Crippen LogP contribution in [0.3, 0.4) is 0 Å². The third-order valence-corrected chi connectivity index (χ3v) is 3.68. The number of ether oxygens (including phenoxy) is 1. The molecule has 1 aliphatic rings. The largest absolute Gasteiger partial charge is 0.486 e. The number of halogens is 1. The van der Waals surface area contributed by atoms with Crippen LogP contribution in [0.25, 0.3) is 0 Å². The Morgan fingerprint density at radius 2 is 2.12 bits per heavy atom. The van der Waals surface area contributed by atoms with Gasteiger partial charge in [0.15, 0.2) is 5.82 Å². The SMILES string of the molecule is C=C/C(=C\C)OCc1nc2n(n1)CCN(c1ccc(F)cc1)C2=O. The minimum atomic E-state index is -0.340. The van der Waals surface area contributed by atoms with Crippen LogP contribution >= 0.6 is 0 Å². The Labute approximate surface area is 138 Å². The molecule has 1 aromatic carbocycles. The topological polar surface area (TPSA) is 60.2 Å². The summed E-state index contributed by atoms with van der Waals surface area (Å²) in [5, 5.41) is 4.30. The average molecular weight is 328 g/mol. The van der Waals surface area contributed by atoms with Crippen LogP contribution < -0.4 is 4.90 Å². The summed E-state index contributed by atoms with van der Waals surface area (Å²) in [6, 6.07) is 5.81. The van der Waals surface area contributed by atoms with Gasteiger partial charge in [-0.1, -0.05) is 6.58 Å². The lowest BCUT2D eigenvalue weighted by atomic mass is 10.2. The number of rotatable bonds is 5. The van der Waals surface area contributed by atoms with Crippen LogP contribution in [0.4, 0.5) is 10.1 Å². The van der Waals surface area contributed by atoms with Gasteiger partial charge < -0.3 is 9.64 Å². The minimum Gasteiger partial charge on any atom is -0.486 e. The van der Waals surface area contributed by atoms with Crippen molar-refractivity contribution in [3.05, 3.63) is 66.2 Å². The predicted octanol–water partition coefficient (Wildman–Crippen LogP) is 2.68. The Morgan fingerprint density at radius 3 is 2.79 bits per heavy atom. The number of anilines is 1. The van der Waals surface area contributed by atoms with Crippen molar-refractivity contribution in [1.29, 1.82) is 0 Å². The molecule has 0 N–H and O–H groups in total. The number of hydrogen-bond acceptors (Lipinski definition) is 4. The molecule has 0 bridgehead atoms. The van der Waals surface area contributed by atoms with E-state index in [9.17, 15) is 9.18 Å². The van der Waals surface area contributed by atoms with Gasteiger partial charge in [0.2, 0.25) is 5.82 Å². The van der Waals surface area contributed by atoms with E-state index in [0.717, 1.165) is 0 Å². The molecule has 1 amide bonds. The first-order chi connectivity index (χ1) is 11.6. The lowest BCUT2D eigenvalue weighted by Crippen LogP contribution is -2.40. The fraction of sp³-hybridized carbons (Fsp3) is 0.235. The molecule has 0 radical (unpaired) electrons. The van der Waals surface area contributed by atoms with E-state index in [0.29, 0.717) is 30.4 Å². The zero-order valence-electron chi connectivity index (χ0n) is 13.3. The van der Waals surface area contributed by atoms with Crippen molar-refractivity contribution < 1.29 is 13.9 Å². The van der Waals surface area contributed by atoms with Gasteiger partial charge in [-0.25, -0.2) is 14.1 Å². The fourth-order valence-corrected chi connectivity index (χ4v) is 2.46. The van der Waals surface area contributed by atoms with Crippen molar-refractivity contribution in [3.8, 4) is 0 Å². The summed E-state index contributed by atoms with van der Waals surface area (Å²) in [6.07, 6.45) is 3.38. The van der Waals surface area contributed by atoms with Crippen LogP contribution in [0.15, 0.2) is 48.8 Å². The number of aromatic nitrogens is 3. The third-order valence-electron chi connectivity index (χ3n) is 3.68. The maximum absolute atomic E-state index is 13.0. The van der Waals surface area contributed by atoms with Crippen LogP contribution in [0.1, 0.15) is 23.4 Å². The molecule has 0 aliphatic carbocycles. The molecule has 0 fully saturated rings. The first-order valence-electron chi connectivity index (χ1n) is 7.55. The maximum Gasteiger partial charge on any atom is 0.295 e. The van der Waals surface area contributed by atoms with Crippen molar-refractivity contribution in [1.82, 2.24) is 14.8 Å². The van der Waals surface area contributed by atoms with Gasteiger partial charge in [0.1, 0.15) is 18.2 Å². The van der Waals surface area contributed by atoms with Gasteiger partial charge in [-0.2, -0.15) is 5.10 Å². The van der Waals surface area contributed by atoms with Gasteiger partial charge in [0, 0.05) is 12.2 Å². The summed E-state index contributed by atoms with van der Waals surface area (Å²) in [4.78, 5) is 18.4. The van der Waals surface area contributed by atoms with Crippen molar-refractivity contribution in [2.24, 2.45) is 0 Å². The van der Waals surface area contributed by atoms with E-state index in [2.05, 4.69) is 16.7 Å². The summed E-state index contributed by atoms with van der Waals surface area (Å²) in [7, 11) is 0. The van der Waals surface area contributed by atoms with Gasteiger partial charge in [-0.3, -0.25) is 4.79 Å². The van der Waals surface area contributed by atoms with Crippen LogP contribution in [-0.4, -0.2) is 27.2 Å². The molecule has 0 spiro atoms. The van der Waals surface area contributed by atoms with Crippen LogP contribution in [-0.2, 0) is 17.9 Å². The molecule has 0 saturated heterocycles. The molecule has 0 unspecified atom stereocenters. The van der Waals surface area contributed by atoms with Crippen molar-refractivity contribution >= 4 is 11.6 Å². The molecule has 0 atom stereocenters. The fourth-order valence-electron chi connectivity index (χ4n) is 2.46. The maximum atomic E-state index is 13.0. The smallest absolute Gasteiger partial charge is 0.295 e. The minimum absolute atomic E-state index is 0.162. The number of amides is 1. The summed E-state index contributed by atoms with van der Waals surface area (Å²) in [5.74, 6) is 0.710. The number of hydrogen-bond donors (Lipinski definition) is 0. The summed E-state index contributed by atoms with van der Waals surface area (Å²) in [5.41, 5.74) is 0.635. The van der Waals surface area contributed by atoms with Gasteiger partial charge in [0.05, 0.1) is 6.54 Å². The Bertz CT molecular complexity index is 795. The van der Waals surface area contributed by atoms with Gasteiger partial charge in [-0.05, 0) is 43.3 Å². The molecule has 1 aliphatic heterocycles. The van der Waals surface area contributed by atoms with E-state index in [1.807, 2.05) is 6.92 Å². The molecule has 3 rings (SSSR count). The van der Waals surface area contributed by atoms with Crippen molar-refractivity contribution in [3.63, 3.8) is 0 Å². The number of allylic oxidation sites excluding steroid dienone is 2. The summed E-state index contributed by atoms with van der Waals surface area (Å²) < 4.78 is 20.1. The highest BCUT2D eigenvalue weighted by Crippen LogP contribution is 2.20. The van der Waals surface area contributed by atoms with E-state index in [1.165, 1.54) is 12.1 Å². The standard InChI is InChI=1S/C17H17FN4O2/c1-3-14(4-2)24-11-15-19-16-17(23)21(9-10-22(16)20-15)13-7-5-12(18)6-8-13/h3-8H,1,9-11H2,2H3/b14-4+. The molecule has 2 heterocycles. The lowest BCUT2D eigenvalue weighted by molar-refractivity contribution is 0.0956. The van der Waals surface area contributed by atoms with E-state index < -0.39 is 0 Å². The first-order valence-corrected chi connectivity index (χ1v) is 7.55. The Kier molecular flexibility index (Phi) is 4.41. The summed E-state index contributed by atoms with van der Waals surface area (Å²) in [6.45, 7) is 6.62. The zero-order valence-corrected chi connectivity index (χ0v) is 13.3. The van der Waals surface area contributed by atoms with E-state index >= 15 is 0 Å². The number of fused-ring (bicyclic) bond motifs is 1. The zero-order chi connectivity index (χ0) is 17.1. The van der Waals surface area contributed by atoms with Crippen molar-refractivity contribution in [2.45, 2.75) is 20.1 Å². The predicted molar refractivity (Wildman–Crippen MR) is 86.8 cm³/mol. The highest BCUT2D eigenvalue weighted by Gasteiger charge is 2.29. The second-order valence-electron chi connectivity index (χ2n) is 5.19. The van der Waals surface area contributed by atoms with E-state index in [-0.39, 0.29) is 24.2 Å². The molecular formula is C17H17FN4O2. The Hall–Kier alpha value is -2.96. The van der Waals surface area contributed by atoms with Crippen LogP contribution in [0.2, 0.25) is 0 Å². The third kappa shape index (κ3) is 3.05. The molecule has 7 heteroatoms. The highest BCUT2D eigenvalue weighted by molar-refractivity contribution is 6.04. The van der Waals surface area contributed by atoms with Crippen molar-refractivity contribution in [2.75, 3.05) is 11.4 Å².